The van der Waals surface area contributed by atoms with E-state index >= 15 is 0 Å². The lowest BCUT2D eigenvalue weighted by atomic mass is 10.0. The number of aromatic nitrogens is 2. The van der Waals surface area contributed by atoms with Gasteiger partial charge >= 0.3 is 0 Å². The van der Waals surface area contributed by atoms with Gasteiger partial charge in [-0.15, -0.1) is 0 Å². The molecule has 1 saturated heterocycles. The first-order chi connectivity index (χ1) is 11.1. The van der Waals surface area contributed by atoms with Crippen LogP contribution in [0.2, 0.25) is 0 Å². The molecule has 1 fully saturated rings. The molecule has 1 atom stereocenters. The summed E-state index contributed by atoms with van der Waals surface area (Å²) in [5, 5.41) is 6.68. The fourth-order valence-corrected chi connectivity index (χ4v) is 2.98. The predicted octanol–water partition coefficient (Wildman–Crippen LogP) is 1.81. The summed E-state index contributed by atoms with van der Waals surface area (Å²) in [6.07, 6.45) is 2.21. The lowest BCUT2D eigenvalue weighted by Crippen LogP contribution is -2.45. The summed E-state index contributed by atoms with van der Waals surface area (Å²) in [7, 11) is 3.82. The SMILES string of the molecule is CN=C(NCc1nc2ccccc2n1C)NCC1(C)CCCO1. The standard InChI is InChI=1S/C17H25N5O/c1-17(9-6-10-23-17)12-20-16(18-2)19-11-15-21-13-7-4-5-8-14(13)22(15)3/h4-5,7-8H,6,9-12H2,1-3H3,(H2,18,19,20). The molecule has 1 aromatic heterocycles. The van der Waals surface area contributed by atoms with Gasteiger partial charge in [0.25, 0.3) is 0 Å². The van der Waals surface area contributed by atoms with Crippen LogP contribution >= 0.6 is 0 Å². The van der Waals surface area contributed by atoms with Gasteiger partial charge in [0.1, 0.15) is 5.82 Å². The summed E-state index contributed by atoms with van der Waals surface area (Å²) in [5.74, 6) is 1.76. The molecule has 2 aromatic rings. The quantitative estimate of drug-likeness (QED) is 0.667. The predicted molar refractivity (Wildman–Crippen MR) is 92.5 cm³/mol. The molecule has 1 aliphatic rings. The monoisotopic (exact) mass is 315 g/mol. The van der Waals surface area contributed by atoms with E-state index in [1.165, 1.54) is 0 Å². The van der Waals surface area contributed by atoms with Crippen molar-refractivity contribution in [1.29, 1.82) is 0 Å². The number of rotatable bonds is 4. The number of hydrogen-bond acceptors (Lipinski definition) is 3. The maximum absolute atomic E-state index is 5.80. The van der Waals surface area contributed by atoms with E-state index in [2.05, 4.69) is 38.2 Å². The van der Waals surface area contributed by atoms with Crippen molar-refractivity contribution in [2.45, 2.75) is 31.9 Å². The minimum atomic E-state index is -0.0878. The van der Waals surface area contributed by atoms with Gasteiger partial charge in [-0.05, 0) is 31.9 Å². The molecule has 0 saturated carbocycles. The Labute approximate surface area is 137 Å². The van der Waals surface area contributed by atoms with Crippen LogP contribution in [0.4, 0.5) is 0 Å². The zero-order chi connectivity index (χ0) is 16.3. The Bertz CT molecular complexity index is 700. The highest BCUT2D eigenvalue weighted by Gasteiger charge is 2.29. The highest BCUT2D eigenvalue weighted by Crippen LogP contribution is 2.23. The Morgan fingerprint density at radius 3 is 2.91 bits per heavy atom. The Morgan fingerprint density at radius 1 is 1.39 bits per heavy atom. The van der Waals surface area contributed by atoms with E-state index in [0.717, 1.165) is 48.8 Å². The molecular formula is C17H25N5O. The number of nitrogens with zero attached hydrogens (tertiary/aromatic N) is 3. The van der Waals surface area contributed by atoms with Crippen LogP contribution in [0, 0.1) is 0 Å². The third kappa shape index (κ3) is 3.47. The average molecular weight is 315 g/mol. The highest BCUT2D eigenvalue weighted by atomic mass is 16.5. The molecule has 0 spiro atoms. The molecule has 1 unspecified atom stereocenters. The molecule has 3 rings (SSSR count). The fraction of sp³-hybridized carbons (Fsp3) is 0.529. The van der Waals surface area contributed by atoms with Crippen molar-refractivity contribution in [3.63, 3.8) is 0 Å². The van der Waals surface area contributed by atoms with Gasteiger partial charge in [-0.2, -0.15) is 0 Å². The van der Waals surface area contributed by atoms with Crippen LogP contribution in [0.1, 0.15) is 25.6 Å². The molecule has 1 aliphatic heterocycles. The van der Waals surface area contributed by atoms with Gasteiger partial charge in [0.2, 0.25) is 0 Å². The van der Waals surface area contributed by atoms with Gasteiger partial charge in [0, 0.05) is 27.2 Å². The van der Waals surface area contributed by atoms with Crippen LogP contribution in [0.5, 0.6) is 0 Å². The van der Waals surface area contributed by atoms with E-state index in [1.807, 2.05) is 25.2 Å². The van der Waals surface area contributed by atoms with Crippen molar-refractivity contribution in [3.05, 3.63) is 30.1 Å². The van der Waals surface area contributed by atoms with E-state index in [-0.39, 0.29) is 5.60 Å². The Kier molecular flexibility index (Phi) is 4.52. The van der Waals surface area contributed by atoms with E-state index in [1.54, 1.807) is 7.05 Å². The Morgan fingerprint density at radius 2 is 2.22 bits per heavy atom. The van der Waals surface area contributed by atoms with Gasteiger partial charge in [-0.25, -0.2) is 4.98 Å². The molecule has 0 radical (unpaired) electrons. The van der Waals surface area contributed by atoms with Crippen molar-refractivity contribution in [2.24, 2.45) is 12.0 Å². The van der Waals surface area contributed by atoms with Crippen molar-refractivity contribution in [2.75, 3.05) is 20.2 Å². The number of aryl methyl sites for hydroxylation is 1. The zero-order valence-corrected chi connectivity index (χ0v) is 14.1. The third-order valence-electron chi connectivity index (χ3n) is 4.45. The van der Waals surface area contributed by atoms with E-state index in [9.17, 15) is 0 Å². The minimum Gasteiger partial charge on any atom is -0.373 e. The van der Waals surface area contributed by atoms with Crippen LogP contribution < -0.4 is 10.6 Å². The maximum Gasteiger partial charge on any atom is 0.191 e. The largest absolute Gasteiger partial charge is 0.373 e. The molecule has 0 bridgehead atoms. The second-order valence-electron chi connectivity index (χ2n) is 6.26. The number of ether oxygens (including phenoxy) is 1. The second-order valence-corrected chi connectivity index (χ2v) is 6.26. The van der Waals surface area contributed by atoms with Crippen LogP contribution in [0.15, 0.2) is 29.3 Å². The normalized spacial score (nSPS) is 21.8. The number of hydrogen-bond donors (Lipinski definition) is 2. The summed E-state index contributed by atoms with van der Waals surface area (Å²) < 4.78 is 7.90. The number of fused-ring (bicyclic) bond motifs is 1. The first-order valence-corrected chi connectivity index (χ1v) is 8.10. The number of benzene rings is 1. The van der Waals surface area contributed by atoms with E-state index < -0.39 is 0 Å². The van der Waals surface area contributed by atoms with Gasteiger partial charge < -0.3 is 19.9 Å². The average Bonchev–Trinajstić information content (AvgIpc) is 3.13. The second kappa shape index (κ2) is 6.58. The van der Waals surface area contributed by atoms with E-state index in [0.29, 0.717) is 6.54 Å². The molecule has 2 heterocycles. The molecule has 23 heavy (non-hydrogen) atoms. The molecule has 2 N–H and O–H groups in total. The fourth-order valence-electron chi connectivity index (χ4n) is 2.98. The molecule has 6 heteroatoms. The zero-order valence-electron chi connectivity index (χ0n) is 14.1. The summed E-state index contributed by atoms with van der Waals surface area (Å²) in [4.78, 5) is 8.94. The lowest BCUT2D eigenvalue weighted by Gasteiger charge is -2.24. The van der Waals surface area contributed by atoms with Gasteiger partial charge in [-0.1, -0.05) is 12.1 Å². The minimum absolute atomic E-state index is 0.0878. The van der Waals surface area contributed by atoms with Gasteiger partial charge in [0.15, 0.2) is 5.96 Å². The highest BCUT2D eigenvalue weighted by molar-refractivity contribution is 5.80. The number of nitrogens with one attached hydrogen (secondary N) is 2. The summed E-state index contributed by atoms with van der Waals surface area (Å²) in [6.45, 7) is 4.38. The molecule has 1 aromatic carbocycles. The molecule has 0 amide bonds. The number of para-hydroxylation sites is 2. The summed E-state index contributed by atoms with van der Waals surface area (Å²) in [6, 6.07) is 8.15. The van der Waals surface area contributed by atoms with Crippen LogP contribution in [0.25, 0.3) is 11.0 Å². The van der Waals surface area contributed by atoms with Gasteiger partial charge in [-0.3, -0.25) is 4.99 Å². The van der Waals surface area contributed by atoms with Crippen molar-refractivity contribution < 1.29 is 4.74 Å². The molecule has 0 aliphatic carbocycles. The van der Waals surface area contributed by atoms with Crippen LogP contribution in [0.3, 0.4) is 0 Å². The molecular weight excluding hydrogens is 290 g/mol. The number of aliphatic imine (C=N–C) groups is 1. The van der Waals surface area contributed by atoms with Gasteiger partial charge in [0.05, 0.1) is 23.2 Å². The van der Waals surface area contributed by atoms with Crippen molar-refractivity contribution in [3.8, 4) is 0 Å². The number of guanidine groups is 1. The Hall–Kier alpha value is -2.08. The Balaban J connectivity index is 1.60. The van der Waals surface area contributed by atoms with Crippen LogP contribution in [-0.4, -0.2) is 41.3 Å². The first-order valence-electron chi connectivity index (χ1n) is 8.10. The molecule has 6 nitrogen and oxygen atoms in total. The smallest absolute Gasteiger partial charge is 0.191 e. The first kappa shape index (κ1) is 15.8. The number of imidazole rings is 1. The van der Waals surface area contributed by atoms with Crippen molar-refractivity contribution in [1.82, 2.24) is 20.2 Å². The maximum atomic E-state index is 5.80. The van der Waals surface area contributed by atoms with Crippen molar-refractivity contribution >= 4 is 17.0 Å². The van der Waals surface area contributed by atoms with E-state index in [4.69, 9.17) is 4.74 Å². The third-order valence-corrected chi connectivity index (χ3v) is 4.45. The summed E-state index contributed by atoms with van der Waals surface area (Å²) >= 11 is 0. The summed E-state index contributed by atoms with van der Waals surface area (Å²) in [5.41, 5.74) is 2.07. The topological polar surface area (TPSA) is 63.5 Å². The lowest BCUT2D eigenvalue weighted by molar-refractivity contribution is 0.0243. The molecule has 124 valence electrons. The van der Waals surface area contributed by atoms with Crippen LogP contribution in [-0.2, 0) is 18.3 Å².